The van der Waals surface area contributed by atoms with E-state index < -0.39 is 8.07 Å². The molecule has 1 aromatic carbocycles. The van der Waals surface area contributed by atoms with Crippen LogP contribution in [0.2, 0.25) is 19.6 Å². The lowest BCUT2D eigenvalue weighted by molar-refractivity contribution is -0.131. The third-order valence-electron chi connectivity index (χ3n) is 1.92. The van der Waals surface area contributed by atoms with Crippen molar-refractivity contribution in [1.82, 2.24) is 0 Å². The summed E-state index contributed by atoms with van der Waals surface area (Å²) in [4.78, 5) is 14.3. The second-order valence-electron chi connectivity index (χ2n) is 4.89. The lowest BCUT2D eigenvalue weighted by Crippen LogP contribution is -2.16. The van der Waals surface area contributed by atoms with E-state index in [1.54, 1.807) is 18.2 Å². The topological polar surface area (TPSA) is 30.7 Å². The maximum absolute atomic E-state index is 11.0. The molecule has 0 aliphatic heterocycles. The van der Waals surface area contributed by atoms with Gasteiger partial charge in [0, 0.05) is 6.92 Å². The monoisotopic (exact) mass is 257 g/mol. The molecule has 0 radical (unpaired) electrons. The molecule has 0 bridgehead atoms. The van der Waals surface area contributed by atoms with Crippen molar-refractivity contribution >= 4 is 19.7 Å². The van der Waals surface area contributed by atoms with E-state index in [0.29, 0.717) is 17.0 Å². The Labute approximate surface area is 109 Å². The van der Waals surface area contributed by atoms with Crippen molar-refractivity contribution in [3.63, 3.8) is 0 Å². The van der Waals surface area contributed by atoms with E-state index in [2.05, 4.69) is 36.0 Å². The molecule has 0 spiro atoms. The zero-order chi connectivity index (χ0) is 13.8. The van der Waals surface area contributed by atoms with Gasteiger partial charge in [-0.05, 0) is 12.1 Å². The Hall–Kier alpha value is -2.04. The molecule has 0 heterocycles. The van der Waals surface area contributed by atoms with Crippen LogP contribution < -0.4 is 4.74 Å². The van der Waals surface area contributed by atoms with Crippen LogP contribution in [0, 0.1) is 18.0 Å². The predicted octanol–water partition coefficient (Wildman–Crippen LogP) is 3.39. The van der Waals surface area contributed by atoms with Crippen molar-refractivity contribution in [3.8, 4) is 17.2 Å². The van der Waals surface area contributed by atoms with Crippen LogP contribution in [-0.4, -0.2) is 14.0 Å². The maximum atomic E-state index is 11.0. The first kappa shape index (κ1) is 14.0. The van der Waals surface area contributed by atoms with E-state index in [9.17, 15) is 4.79 Å². The minimum atomic E-state index is -1.51. The molecule has 0 saturated carbocycles. The highest BCUT2D eigenvalue weighted by Crippen LogP contribution is 2.24. The van der Waals surface area contributed by atoms with Crippen LogP contribution in [0.15, 0.2) is 18.2 Å². The van der Waals surface area contributed by atoms with Gasteiger partial charge in [-0.15, -0.1) is 5.54 Å². The average Bonchev–Trinajstić information content (AvgIpc) is 2.26. The van der Waals surface area contributed by atoms with Crippen molar-refractivity contribution in [1.29, 1.82) is 0 Å². The lowest BCUT2D eigenvalue weighted by atomic mass is 10.2. The Morgan fingerprint density at radius 3 is 2.56 bits per heavy atom. The number of carbonyl (C=O) groups is 1. The zero-order valence-electron chi connectivity index (χ0n) is 11.0. The van der Waals surface area contributed by atoms with Crippen LogP contribution in [0.3, 0.4) is 0 Å². The number of benzene rings is 1. The van der Waals surface area contributed by atoms with Crippen LogP contribution in [0.1, 0.15) is 12.5 Å². The Kier molecular flexibility index (Phi) is 4.31. The van der Waals surface area contributed by atoms with E-state index in [0.717, 1.165) is 0 Å². The van der Waals surface area contributed by atoms with Crippen molar-refractivity contribution in [2.45, 2.75) is 26.6 Å². The van der Waals surface area contributed by atoms with E-state index in [4.69, 9.17) is 11.3 Å². The highest BCUT2D eigenvalue weighted by atomic mass is 28.3. The fourth-order valence-corrected chi connectivity index (χ4v) is 1.69. The molecule has 0 aliphatic carbocycles. The summed E-state index contributed by atoms with van der Waals surface area (Å²) in [5, 5.41) is 0. The molecule has 18 heavy (non-hydrogen) atoms. The van der Waals surface area contributed by atoms with Gasteiger partial charge in [0.1, 0.15) is 13.8 Å². The molecule has 0 unspecified atom stereocenters. The molecular formula is C14H15NO2Si. The largest absolute Gasteiger partial charge is 0.426 e. The Morgan fingerprint density at radius 1 is 1.39 bits per heavy atom. The minimum absolute atomic E-state index is 0.387. The van der Waals surface area contributed by atoms with Crippen LogP contribution in [0.4, 0.5) is 5.69 Å². The molecule has 0 aromatic heterocycles. The summed E-state index contributed by atoms with van der Waals surface area (Å²) < 4.78 is 5.08. The molecule has 0 fully saturated rings. The molecule has 92 valence electrons. The Balaban J connectivity index is 3.23. The smallest absolute Gasteiger partial charge is 0.308 e. The van der Waals surface area contributed by atoms with Crippen molar-refractivity contribution in [3.05, 3.63) is 35.2 Å². The van der Waals surface area contributed by atoms with Gasteiger partial charge in [0.05, 0.1) is 12.1 Å². The summed E-state index contributed by atoms with van der Waals surface area (Å²) >= 11 is 0. The summed E-state index contributed by atoms with van der Waals surface area (Å²) in [6, 6.07) is 4.88. The lowest BCUT2D eigenvalue weighted by Gasteiger charge is -2.06. The Bertz CT molecular complexity index is 568. The standard InChI is InChI=1S/C14H15NO2Si/c1-11(16)17-14-7-6-13(15-2)10-12(14)8-9-18(3,4)5/h6-7,10H,1,3-5H3. The summed E-state index contributed by atoms with van der Waals surface area (Å²) in [7, 11) is -1.51. The van der Waals surface area contributed by atoms with Crippen LogP contribution in [0.5, 0.6) is 5.75 Å². The van der Waals surface area contributed by atoms with Gasteiger partial charge in [-0.1, -0.05) is 31.6 Å². The highest BCUT2D eigenvalue weighted by molar-refractivity contribution is 6.83. The number of nitrogens with zero attached hydrogens (tertiary/aromatic N) is 1. The number of esters is 1. The van der Waals surface area contributed by atoms with E-state index >= 15 is 0 Å². The third-order valence-corrected chi connectivity index (χ3v) is 2.79. The molecule has 3 nitrogen and oxygen atoms in total. The molecule has 4 heteroatoms. The first-order chi connectivity index (χ1) is 8.31. The van der Waals surface area contributed by atoms with Gasteiger partial charge in [-0.25, -0.2) is 4.85 Å². The van der Waals surface area contributed by atoms with Gasteiger partial charge in [0.25, 0.3) is 0 Å². The van der Waals surface area contributed by atoms with Crippen LogP contribution >= 0.6 is 0 Å². The van der Waals surface area contributed by atoms with Gasteiger partial charge < -0.3 is 4.74 Å². The van der Waals surface area contributed by atoms with Gasteiger partial charge in [0.2, 0.25) is 0 Å². The summed E-state index contributed by atoms with van der Waals surface area (Å²) in [5.74, 6) is 3.05. The number of hydrogen-bond donors (Lipinski definition) is 0. The molecule has 0 aliphatic rings. The third kappa shape index (κ3) is 4.45. The number of carbonyl (C=O) groups excluding carboxylic acids is 1. The maximum Gasteiger partial charge on any atom is 0.308 e. The molecular weight excluding hydrogens is 242 g/mol. The quantitative estimate of drug-likeness (QED) is 0.254. The first-order valence-corrected chi connectivity index (χ1v) is 9.05. The predicted molar refractivity (Wildman–Crippen MR) is 74.2 cm³/mol. The second-order valence-corrected chi connectivity index (χ2v) is 9.64. The summed E-state index contributed by atoms with van der Waals surface area (Å²) in [5.41, 5.74) is 4.29. The van der Waals surface area contributed by atoms with E-state index in [-0.39, 0.29) is 5.97 Å². The second kappa shape index (κ2) is 5.53. The molecule has 1 rings (SSSR count). The summed E-state index contributed by atoms with van der Waals surface area (Å²) in [6.07, 6.45) is 0. The number of ether oxygens (including phenoxy) is 1. The minimum Gasteiger partial charge on any atom is -0.426 e. The van der Waals surface area contributed by atoms with Crippen molar-refractivity contribution < 1.29 is 9.53 Å². The molecule has 0 N–H and O–H groups in total. The normalized spacial score (nSPS) is 9.94. The molecule has 0 saturated heterocycles. The zero-order valence-corrected chi connectivity index (χ0v) is 12.0. The molecule has 0 amide bonds. The fourth-order valence-electron chi connectivity index (χ4n) is 1.18. The van der Waals surface area contributed by atoms with E-state index in [1.807, 2.05) is 0 Å². The van der Waals surface area contributed by atoms with E-state index in [1.165, 1.54) is 6.92 Å². The van der Waals surface area contributed by atoms with Gasteiger partial charge in [-0.2, -0.15) is 0 Å². The van der Waals surface area contributed by atoms with Crippen molar-refractivity contribution in [2.75, 3.05) is 0 Å². The van der Waals surface area contributed by atoms with Gasteiger partial charge >= 0.3 is 5.97 Å². The highest BCUT2D eigenvalue weighted by Gasteiger charge is 2.10. The Morgan fingerprint density at radius 2 is 2.06 bits per heavy atom. The first-order valence-electron chi connectivity index (χ1n) is 5.55. The van der Waals surface area contributed by atoms with Gasteiger partial charge in [0.15, 0.2) is 5.69 Å². The van der Waals surface area contributed by atoms with Gasteiger partial charge in [-0.3, -0.25) is 4.79 Å². The molecule has 0 atom stereocenters. The summed E-state index contributed by atoms with van der Waals surface area (Å²) in [6.45, 7) is 14.7. The fraction of sp³-hybridized carbons (Fsp3) is 0.286. The average molecular weight is 257 g/mol. The number of hydrogen-bond acceptors (Lipinski definition) is 2. The SMILES string of the molecule is [C-]#[N+]c1ccc(OC(C)=O)c(C#C[Si](C)(C)C)c1. The van der Waals surface area contributed by atoms with Crippen LogP contribution in [-0.2, 0) is 4.79 Å². The van der Waals surface area contributed by atoms with Crippen molar-refractivity contribution in [2.24, 2.45) is 0 Å². The number of rotatable bonds is 1. The molecule has 1 aromatic rings. The van der Waals surface area contributed by atoms with Crippen LogP contribution in [0.25, 0.3) is 4.85 Å².